The van der Waals surface area contributed by atoms with Crippen LogP contribution in [0.4, 0.5) is 23.3 Å². The predicted molar refractivity (Wildman–Crippen MR) is 237 cm³/mol. The second-order valence-corrected chi connectivity index (χ2v) is 18.7. The molecule has 2 unspecified atom stereocenters. The number of rotatable bonds is 12. The number of carbonyl (C=O) groups excluding carboxylic acids is 3. The average molecular weight is 854 g/mol. The predicted octanol–water partition coefficient (Wildman–Crippen LogP) is 4.07. The molecular weight excluding hydrogens is 795 g/mol. The Labute approximate surface area is 360 Å². The van der Waals surface area contributed by atoms with Crippen LogP contribution in [-0.4, -0.2) is 121 Å². The summed E-state index contributed by atoms with van der Waals surface area (Å²) < 4.78 is 17.6. The number of aliphatic hydroxyl groups is 1. The van der Waals surface area contributed by atoms with Crippen LogP contribution in [0, 0.1) is 0 Å². The van der Waals surface area contributed by atoms with E-state index in [1.54, 1.807) is 17.9 Å². The summed E-state index contributed by atoms with van der Waals surface area (Å²) in [5, 5.41) is 23.3. The molecule has 2 atom stereocenters. The fraction of sp³-hybridized carbons (Fsp3) is 0.545. The van der Waals surface area contributed by atoms with E-state index in [1.807, 2.05) is 29.6 Å². The lowest BCUT2D eigenvalue weighted by Crippen LogP contribution is -2.51. The first kappa shape index (κ1) is 42.7. The van der Waals surface area contributed by atoms with E-state index in [4.69, 9.17) is 5.11 Å². The van der Waals surface area contributed by atoms with Crippen LogP contribution in [0.5, 0.6) is 0 Å². The van der Waals surface area contributed by atoms with E-state index in [0.29, 0.717) is 30.7 Å². The molecule has 5 aliphatic rings. The summed E-state index contributed by atoms with van der Waals surface area (Å²) in [5.74, 6) is 1.61. The van der Waals surface area contributed by atoms with E-state index in [2.05, 4.69) is 72.0 Å². The molecule has 2 aliphatic carbocycles. The maximum atomic E-state index is 13.7. The van der Waals surface area contributed by atoms with E-state index < -0.39 is 16.4 Å². The number of aromatic nitrogens is 4. The molecule has 0 bridgehead atoms. The fourth-order valence-corrected chi connectivity index (χ4v) is 10.5. The van der Waals surface area contributed by atoms with Crippen molar-refractivity contribution in [2.24, 2.45) is 7.05 Å². The van der Waals surface area contributed by atoms with Gasteiger partial charge in [-0.25, -0.2) is 13.5 Å². The Morgan fingerprint density at radius 3 is 2.54 bits per heavy atom. The SMILES string of the molecule is CNC(=O)CCN(C=O)c1nn(C)c2cc(N3CCN(Cc4cccc(S(=O)N5CCC(Nc6ncc7c(n6)NC(=O)C76CC6)CC5)c4)CC3C)ccc12.OC1CCCCC1. The maximum Gasteiger partial charge on any atom is 0.236 e. The minimum atomic E-state index is -1.26. The summed E-state index contributed by atoms with van der Waals surface area (Å²) in [6, 6.07) is 14.8. The van der Waals surface area contributed by atoms with Crippen molar-refractivity contribution in [3.05, 3.63) is 59.8 Å². The molecule has 0 radical (unpaired) electrons. The topological polar surface area (TPSA) is 181 Å². The number of anilines is 4. The molecule has 3 amide bonds. The van der Waals surface area contributed by atoms with Crippen molar-refractivity contribution in [2.45, 2.75) is 106 Å². The Balaban J connectivity index is 0.000000668. The lowest BCUT2D eigenvalue weighted by Gasteiger charge is -2.41. The van der Waals surface area contributed by atoms with E-state index >= 15 is 0 Å². The van der Waals surface area contributed by atoms with Crippen LogP contribution in [-0.2, 0) is 44.4 Å². The highest BCUT2D eigenvalue weighted by Crippen LogP contribution is 2.54. The summed E-state index contributed by atoms with van der Waals surface area (Å²) in [4.78, 5) is 52.3. The molecule has 61 heavy (non-hydrogen) atoms. The quantitative estimate of drug-likeness (QED) is 0.151. The van der Waals surface area contributed by atoms with Crippen LogP contribution in [0.25, 0.3) is 10.9 Å². The third-order valence-electron chi connectivity index (χ3n) is 12.9. The molecule has 2 aromatic heterocycles. The highest BCUT2D eigenvalue weighted by atomic mass is 32.2. The summed E-state index contributed by atoms with van der Waals surface area (Å²) >= 11 is 0. The van der Waals surface area contributed by atoms with Gasteiger partial charge in [0.05, 0.1) is 21.9 Å². The Morgan fingerprint density at radius 2 is 1.85 bits per heavy atom. The van der Waals surface area contributed by atoms with Crippen molar-refractivity contribution in [2.75, 3.05) is 66.7 Å². The second-order valence-electron chi connectivity index (χ2n) is 17.2. The van der Waals surface area contributed by atoms with Gasteiger partial charge in [0.15, 0.2) is 5.82 Å². The molecule has 16 nitrogen and oxygen atoms in total. The number of piperazine rings is 1. The average Bonchev–Trinajstić information content (AvgIpc) is 3.96. The summed E-state index contributed by atoms with van der Waals surface area (Å²) in [6.45, 7) is 7.26. The van der Waals surface area contributed by atoms with Crippen LogP contribution >= 0.6 is 0 Å². The summed E-state index contributed by atoms with van der Waals surface area (Å²) in [5.41, 5.74) is 3.69. The van der Waals surface area contributed by atoms with Gasteiger partial charge in [-0.3, -0.25) is 28.9 Å². The van der Waals surface area contributed by atoms with Gasteiger partial charge in [0.1, 0.15) is 16.8 Å². The molecule has 4 aromatic rings. The maximum absolute atomic E-state index is 13.7. The first-order valence-corrected chi connectivity index (χ1v) is 22.9. The molecule has 4 fully saturated rings. The van der Waals surface area contributed by atoms with Crippen LogP contribution < -0.4 is 25.8 Å². The summed E-state index contributed by atoms with van der Waals surface area (Å²) in [7, 11) is 2.19. The fourth-order valence-electron chi connectivity index (χ4n) is 9.19. The number of hydrogen-bond donors (Lipinski definition) is 4. The number of aryl methyl sites for hydroxylation is 1. The first-order chi connectivity index (χ1) is 29.5. The smallest absolute Gasteiger partial charge is 0.236 e. The molecule has 1 spiro atoms. The Kier molecular flexibility index (Phi) is 13.0. The first-order valence-electron chi connectivity index (χ1n) is 21.8. The van der Waals surface area contributed by atoms with Crippen LogP contribution in [0.15, 0.2) is 53.6 Å². The molecule has 17 heteroatoms. The zero-order chi connectivity index (χ0) is 42.7. The largest absolute Gasteiger partial charge is 0.393 e. The molecule has 9 rings (SSSR count). The highest BCUT2D eigenvalue weighted by molar-refractivity contribution is 7.82. The van der Waals surface area contributed by atoms with E-state index in [9.17, 15) is 18.6 Å². The second kappa shape index (κ2) is 18.6. The van der Waals surface area contributed by atoms with Gasteiger partial charge in [-0.15, -0.1) is 0 Å². The van der Waals surface area contributed by atoms with Crippen molar-refractivity contribution in [3.8, 4) is 0 Å². The number of hydrogen-bond acceptors (Lipinski definition) is 11. The highest BCUT2D eigenvalue weighted by Gasteiger charge is 2.57. The zero-order valence-corrected chi connectivity index (χ0v) is 36.3. The molecule has 2 saturated heterocycles. The van der Waals surface area contributed by atoms with Crippen LogP contribution in [0.3, 0.4) is 0 Å². The van der Waals surface area contributed by atoms with Gasteiger partial charge >= 0.3 is 0 Å². The van der Waals surface area contributed by atoms with Crippen LogP contribution in [0.1, 0.15) is 82.3 Å². The minimum absolute atomic E-state index is 0.0359. The molecule has 2 aromatic carbocycles. The Morgan fingerprint density at radius 1 is 1.07 bits per heavy atom. The van der Waals surface area contributed by atoms with Crippen molar-refractivity contribution in [1.82, 2.24) is 34.3 Å². The van der Waals surface area contributed by atoms with E-state index in [-0.39, 0.29) is 43.0 Å². The normalized spacial score (nSPS) is 21.0. The van der Waals surface area contributed by atoms with Gasteiger partial charge in [-0.05, 0) is 81.3 Å². The van der Waals surface area contributed by atoms with Gasteiger partial charge < -0.3 is 26.0 Å². The van der Waals surface area contributed by atoms with Crippen molar-refractivity contribution < 1.29 is 23.7 Å². The van der Waals surface area contributed by atoms with Gasteiger partial charge in [0.2, 0.25) is 24.2 Å². The number of nitrogens with zero attached hydrogens (tertiary/aromatic N) is 8. The third-order valence-corrected chi connectivity index (χ3v) is 14.4. The van der Waals surface area contributed by atoms with Gasteiger partial charge in [0.25, 0.3) is 0 Å². The monoisotopic (exact) mass is 853 g/mol. The van der Waals surface area contributed by atoms with Gasteiger partial charge in [-0.1, -0.05) is 31.4 Å². The van der Waals surface area contributed by atoms with Crippen molar-refractivity contribution in [3.63, 3.8) is 0 Å². The number of piperidine rings is 1. The third kappa shape index (κ3) is 9.44. The molecule has 3 aliphatic heterocycles. The molecule has 2 saturated carbocycles. The number of nitrogens with one attached hydrogen (secondary N) is 3. The summed E-state index contributed by atoms with van der Waals surface area (Å²) in [6.07, 6.45) is 12.0. The van der Waals surface area contributed by atoms with Gasteiger partial charge in [-0.2, -0.15) is 10.1 Å². The number of carbonyl (C=O) groups is 3. The van der Waals surface area contributed by atoms with Crippen molar-refractivity contribution in [1.29, 1.82) is 0 Å². The van der Waals surface area contributed by atoms with Crippen molar-refractivity contribution >= 4 is 63.4 Å². The zero-order valence-electron chi connectivity index (χ0n) is 35.5. The van der Waals surface area contributed by atoms with Gasteiger partial charge in [0, 0.05) is 101 Å². The number of benzene rings is 2. The minimum Gasteiger partial charge on any atom is -0.393 e. The number of aliphatic hydroxyl groups excluding tert-OH is 1. The Bertz CT molecular complexity index is 2250. The molecular formula is C44H59N11O5S. The molecule has 4 N–H and O–H groups in total. The molecule has 326 valence electrons. The molecule has 5 heterocycles. The van der Waals surface area contributed by atoms with E-state index in [1.165, 1.54) is 24.2 Å². The lowest BCUT2D eigenvalue weighted by molar-refractivity contribution is -0.120. The number of amides is 3. The van der Waals surface area contributed by atoms with E-state index in [0.717, 1.165) is 104 Å². The number of fused-ring (bicyclic) bond motifs is 3. The Hall–Kier alpha value is -4.97. The lowest BCUT2D eigenvalue weighted by atomic mass is 9.98. The standard InChI is InChI=1S/C38H47N11O4S.C6H12O/c1-25-22-46(17-18-49(25)28-7-8-30-32(20-28)45(3)44-35(30)47(24-50)14-11-33(51)39-2)23-26-5-4-6-29(19-26)54(53)48-15-9-27(10-16-48)41-37-40-21-31-34(43-37)42-36(52)38(31)12-13-38;7-6-4-2-1-3-5-6/h4-8,19-21,24-25,27H,9-18,22-23H2,1-3H3,(H,39,51)(H2,40,41,42,43,52);6-7H,1-5H2. The van der Waals surface area contributed by atoms with Crippen LogP contribution in [0.2, 0.25) is 0 Å².